The highest BCUT2D eigenvalue weighted by atomic mass is 79.9. The molecule has 18 heavy (non-hydrogen) atoms. The average molecular weight is 320 g/mol. The largest absolute Gasteiger partial charge is 0.352 e. The number of nitrogens with one attached hydrogen (secondary N) is 1. The van der Waals surface area contributed by atoms with Gasteiger partial charge in [0.15, 0.2) is 11.6 Å². The number of benzene rings is 1. The van der Waals surface area contributed by atoms with Gasteiger partial charge in [0.2, 0.25) is 0 Å². The number of carbonyl (C=O) groups excluding carboxylic acids is 1. The molecule has 1 N–H and O–H groups in total. The van der Waals surface area contributed by atoms with Crippen LogP contribution >= 0.6 is 15.9 Å². The SMILES string of the molecule is CC(CBr)CCCNC(=O)c1cccc(F)c1F. The maximum absolute atomic E-state index is 13.3. The normalized spacial score (nSPS) is 12.2. The van der Waals surface area contributed by atoms with E-state index in [1.165, 1.54) is 12.1 Å². The molecule has 2 nitrogen and oxygen atoms in total. The lowest BCUT2D eigenvalue weighted by atomic mass is 10.1. The Morgan fingerprint density at radius 1 is 1.44 bits per heavy atom. The van der Waals surface area contributed by atoms with Crippen LogP contribution in [-0.4, -0.2) is 17.8 Å². The van der Waals surface area contributed by atoms with Gasteiger partial charge < -0.3 is 5.32 Å². The Kier molecular flexibility index (Phi) is 6.25. The van der Waals surface area contributed by atoms with Crippen LogP contribution < -0.4 is 5.32 Å². The van der Waals surface area contributed by atoms with Gasteiger partial charge in [-0.05, 0) is 30.9 Å². The molecule has 0 aromatic heterocycles. The van der Waals surface area contributed by atoms with Crippen LogP contribution in [0.25, 0.3) is 0 Å². The van der Waals surface area contributed by atoms with E-state index in [0.29, 0.717) is 12.5 Å². The van der Waals surface area contributed by atoms with E-state index in [1.54, 1.807) is 0 Å². The van der Waals surface area contributed by atoms with E-state index in [0.717, 1.165) is 24.2 Å². The van der Waals surface area contributed by atoms with Crippen LogP contribution in [-0.2, 0) is 0 Å². The topological polar surface area (TPSA) is 29.1 Å². The third-order valence-corrected chi connectivity index (χ3v) is 3.72. The Morgan fingerprint density at radius 3 is 2.83 bits per heavy atom. The van der Waals surface area contributed by atoms with E-state index in [1.807, 2.05) is 0 Å². The molecule has 0 spiro atoms. The standard InChI is InChI=1S/C13H16BrF2NO/c1-9(8-14)4-3-7-17-13(18)10-5-2-6-11(15)12(10)16/h2,5-6,9H,3-4,7-8H2,1H3,(H,17,18). The summed E-state index contributed by atoms with van der Waals surface area (Å²) in [7, 11) is 0. The highest BCUT2D eigenvalue weighted by Gasteiger charge is 2.14. The van der Waals surface area contributed by atoms with E-state index in [-0.39, 0.29) is 5.56 Å². The minimum absolute atomic E-state index is 0.247. The van der Waals surface area contributed by atoms with Crippen LogP contribution in [0, 0.1) is 17.6 Å². The molecular formula is C13H16BrF2NO. The van der Waals surface area contributed by atoms with Crippen molar-refractivity contribution in [2.24, 2.45) is 5.92 Å². The Hall–Kier alpha value is -0.970. The fourth-order valence-electron chi connectivity index (χ4n) is 1.50. The highest BCUT2D eigenvalue weighted by Crippen LogP contribution is 2.11. The summed E-state index contributed by atoms with van der Waals surface area (Å²) in [6.45, 7) is 2.56. The van der Waals surface area contributed by atoms with Crippen molar-refractivity contribution in [1.29, 1.82) is 0 Å². The summed E-state index contributed by atoms with van der Waals surface area (Å²) in [5.74, 6) is -2.13. The Morgan fingerprint density at radius 2 is 2.17 bits per heavy atom. The number of carbonyl (C=O) groups is 1. The van der Waals surface area contributed by atoms with E-state index < -0.39 is 17.5 Å². The van der Waals surface area contributed by atoms with Gasteiger partial charge in [-0.25, -0.2) is 8.78 Å². The number of rotatable bonds is 6. The second-order valence-corrected chi connectivity index (χ2v) is 4.91. The average Bonchev–Trinajstić information content (AvgIpc) is 2.37. The number of hydrogen-bond donors (Lipinski definition) is 1. The summed E-state index contributed by atoms with van der Waals surface area (Å²) in [6.07, 6.45) is 1.78. The van der Waals surface area contributed by atoms with Gasteiger partial charge in [-0.3, -0.25) is 4.79 Å². The van der Waals surface area contributed by atoms with Crippen molar-refractivity contribution in [3.63, 3.8) is 0 Å². The first-order valence-electron chi connectivity index (χ1n) is 5.84. The molecule has 1 rings (SSSR count). The molecule has 0 radical (unpaired) electrons. The second kappa shape index (κ2) is 7.46. The highest BCUT2D eigenvalue weighted by molar-refractivity contribution is 9.09. The van der Waals surface area contributed by atoms with Crippen LogP contribution in [0.5, 0.6) is 0 Å². The lowest BCUT2D eigenvalue weighted by Crippen LogP contribution is -2.26. The molecule has 1 atom stereocenters. The minimum Gasteiger partial charge on any atom is -0.352 e. The summed E-state index contributed by atoms with van der Waals surface area (Å²) < 4.78 is 26.2. The molecule has 0 bridgehead atoms. The molecule has 0 aliphatic rings. The molecule has 100 valence electrons. The molecule has 1 aromatic carbocycles. The summed E-state index contributed by atoms with van der Waals surface area (Å²) in [4.78, 5) is 11.6. The minimum atomic E-state index is -1.09. The van der Waals surface area contributed by atoms with Crippen molar-refractivity contribution in [3.8, 4) is 0 Å². The van der Waals surface area contributed by atoms with E-state index in [9.17, 15) is 13.6 Å². The third-order valence-electron chi connectivity index (χ3n) is 2.62. The maximum atomic E-state index is 13.3. The Labute approximate surface area is 114 Å². The van der Waals surface area contributed by atoms with Crippen LogP contribution in [0.1, 0.15) is 30.1 Å². The van der Waals surface area contributed by atoms with Crippen molar-refractivity contribution in [1.82, 2.24) is 5.32 Å². The van der Waals surface area contributed by atoms with E-state index in [4.69, 9.17) is 0 Å². The molecule has 0 aliphatic heterocycles. The smallest absolute Gasteiger partial charge is 0.254 e. The Balaban J connectivity index is 2.44. The molecule has 0 heterocycles. The van der Waals surface area contributed by atoms with Crippen molar-refractivity contribution < 1.29 is 13.6 Å². The number of amides is 1. The number of halogens is 3. The predicted octanol–water partition coefficient (Wildman–Crippen LogP) is 3.51. The molecular weight excluding hydrogens is 304 g/mol. The molecule has 5 heteroatoms. The summed E-state index contributed by atoms with van der Waals surface area (Å²) in [5, 5.41) is 3.50. The Bertz CT molecular complexity index is 412. The van der Waals surface area contributed by atoms with Gasteiger partial charge >= 0.3 is 0 Å². The van der Waals surface area contributed by atoms with Crippen LogP contribution in [0.4, 0.5) is 8.78 Å². The van der Waals surface area contributed by atoms with Crippen LogP contribution in [0.15, 0.2) is 18.2 Å². The van der Waals surface area contributed by atoms with Crippen molar-refractivity contribution in [2.75, 3.05) is 11.9 Å². The lowest BCUT2D eigenvalue weighted by molar-refractivity contribution is 0.0947. The van der Waals surface area contributed by atoms with Gasteiger partial charge in [-0.2, -0.15) is 0 Å². The molecule has 1 unspecified atom stereocenters. The lowest BCUT2D eigenvalue weighted by Gasteiger charge is -2.09. The van der Waals surface area contributed by atoms with Crippen LogP contribution in [0.3, 0.4) is 0 Å². The first-order valence-corrected chi connectivity index (χ1v) is 6.96. The zero-order valence-electron chi connectivity index (χ0n) is 10.2. The molecule has 0 fully saturated rings. The second-order valence-electron chi connectivity index (χ2n) is 4.26. The summed E-state index contributed by atoms with van der Waals surface area (Å²) in [5.41, 5.74) is -0.247. The van der Waals surface area contributed by atoms with Gasteiger partial charge in [0.1, 0.15) is 0 Å². The zero-order chi connectivity index (χ0) is 13.5. The third kappa shape index (κ3) is 4.37. The van der Waals surface area contributed by atoms with Gasteiger partial charge in [0, 0.05) is 11.9 Å². The zero-order valence-corrected chi connectivity index (χ0v) is 11.8. The first-order chi connectivity index (χ1) is 8.56. The van der Waals surface area contributed by atoms with E-state index >= 15 is 0 Å². The van der Waals surface area contributed by atoms with Crippen molar-refractivity contribution in [3.05, 3.63) is 35.4 Å². The summed E-state index contributed by atoms with van der Waals surface area (Å²) >= 11 is 3.37. The fourth-order valence-corrected chi connectivity index (χ4v) is 1.83. The van der Waals surface area contributed by atoms with Crippen LogP contribution in [0.2, 0.25) is 0 Å². The predicted molar refractivity (Wildman–Crippen MR) is 70.9 cm³/mol. The number of hydrogen-bond acceptors (Lipinski definition) is 1. The van der Waals surface area contributed by atoms with Crippen molar-refractivity contribution in [2.45, 2.75) is 19.8 Å². The molecule has 0 saturated heterocycles. The molecule has 1 amide bonds. The monoisotopic (exact) mass is 319 g/mol. The van der Waals surface area contributed by atoms with Gasteiger partial charge in [0.25, 0.3) is 5.91 Å². The molecule has 1 aromatic rings. The van der Waals surface area contributed by atoms with Gasteiger partial charge in [0.05, 0.1) is 5.56 Å². The number of alkyl halides is 1. The van der Waals surface area contributed by atoms with Crippen molar-refractivity contribution >= 4 is 21.8 Å². The van der Waals surface area contributed by atoms with Gasteiger partial charge in [-0.15, -0.1) is 0 Å². The molecule has 0 aliphatic carbocycles. The quantitative estimate of drug-likeness (QED) is 0.631. The molecule has 0 saturated carbocycles. The van der Waals surface area contributed by atoms with Gasteiger partial charge in [-0.1, -0.05) is 28.9 Å². The maximum Gasteiger partial charge on any atom is 0.254 e. The first kappa shape index (κ1) is 15.1. The van der Waals surface area contributed by atoms with E-state index in [2.05, 4.69) is 28.2 Å². The summed E-state index contributed by atoms with van der Waals surface area (Å²) in [6, 6.07) is 3.58. The fraction of sp³-hybridized carbons (Fsp3) is 0.462.